The van der Waals surface area contributed by atoms with Gasteiger partial charge in [-0.3, -0.25) is 0 Å². The molecule has 0 amide bonds. The van der Waals surface area contributed by atoms with Crippen molar-refractivity contribution in [2.24, 2.45) is 11.7 Å². The molecular formula is C13H18N4O2S. The summed E-state index contributed by atoms with van der Waals surface area (Å²) < 4.78 is 26.7. The molecule has 1 saturated heterocycles. The van der Waals surface area contributed by atoms with Gasteiger partial charge in [-0.05, 0) is 37.4 Å². The van der Waals surface area contributed by atoms with E-state index < -0.39 is 10.0 Å². The standard InChI is InChI=1S/C13H18N4O2S/c14-8-10-4-3-7-17(9-10)20(18,19)13-15-11-5-1-2-6-12(11)16-13/h1-2,5-6,10H,3-4,7-9,14H2,(H,15,16). The fraction of sp³-hybridized carbons (Fsp3) is 0.462. The zero-order valence-corrected chi connectivity index (χ0v) is 11.9. The van der Waals surface area contributed by atoms with Gasteiger partial charge in [0.05, 0.1) is 11.0 Å². The minimum Gasteiger partial charge on any atom is -0.330 e. The fourth-order valence-electron chi connectivity index (χ4n) is 2.61. The Balaban J connectivity index is 1.94. The zero-order valence-electron chi connectivity index (χ0n) is 11.1. The first-order valence-corrected chi connectivity index (χ1v) is 8.20. The summed E-state index contributed by atoms with van der Waals surface area (Å²) in [5.74, 6) is 0.239. The van der Waals surface area contributed by atoms with Gasteiger partial charge in [0, 0.05) is 13.1 Å². The highest BCUT2D eigenvalue weighted by molar-refractivity contribution is 7.89. The number of nitrogens with zero attached hydrogens (tertiary/aromatic N) is 2. The molecule has 1 atom stereocenters. The highest BCUT2D eigenvalue weighted by Crippen LogP contribution is 2.23. The van der Waals surface area contributed by atoms with E-state index in [1.807, 2.05) is 18.2 Å². The first-order valence-electron chi connectivity index (χ1n) is 6.76. The Kier molecular flexibility index (Phi) is 3.49. The fourth-order valence-corrected chi connectivity index (χ4v) is 4.09. The molecule has 7 heteroatoms. The predicted octanol–water partition coefficient (Wildman–Crippen LogP) is 0.922. The molecule has 0 aliphatic carbocycles. The quantitative estimate of drug-likeness (QED) is 0.880. The van der Waals surface area contributed by atoms with Crippen molar-refractivity contribution in [2.75, 3.05) is 19.6 Å². The van der Waals surface area contributed by atoms with Crippen LogP contribution in [-0.2, 0) is 10.0 Å². The van der Waals surface area contributed by atoms with Crippen LogP contribution in [-0.4, -0.2) is 42.3 Å². The summed E-state index contributed by atoms with van der Waals surface area (Å²) in [5, 5.41) is 0.0244. The van der Waals surface area contributed by atoms with Crippen molar-refractivity contribution >= 4 is 21.1 Å². The largest absolute Gasteiger partial charge is 0.330 e. The number of H-pyrrole nitrogens is 1. The molecule has 108 valence electrons. The van der Waals surface area contributed by atoms with Crippen LogP contribution in [0.5, 0.6) is 0 Å². The van der Waals surface area contributed by atoms with Crippen molar-refractivity contribution in [2.45, 2.75) is 18.0 Å². The summed E-state index contributed by atoms with van der Waals surface area (Å²) in [7, 11) is -3.56. The zero-order chi connectivity index (χ0) is 14.2. The number of hydrogen-bond donors (Lipinski definition) is 2. The van der Waals surface area contributed by atoms with Gasteiger partial charge in [0.1, 0.15) is 0 Å². The molecule has 1 unspecified atom stereocenters. The van der Waals surface area contributed by atoms with Crippen LogP contribution in [0.1, 0.15) is 12.8 Å². The normalized spacial score (nSPS) is 21.4. The average molecular weight is 294 g/mol. The smallest absolute Gasteiger partial charge is 0.276 e. The summed E-state index contributed by atoms with van der Waals surface area (Å²) in [6.45, 7) is 1.54. The van der Waals surface area contributed by atoms with Crippen LogP contribution in [0, 0.1) is 5.92 Å². The van der Waals surface area contributed by atoms with Crippen molar-refractivity contribution in [1.29, 1.82) is 0 Å². The molecule has 2 aromatic rings. The molecule has 0 saturated carbocycles. The van der Waals surface area contributed by atoms with Gasteiger partial charge in [0.15, 0.2) is 0 Å². The van der Waals surface area contributed by atoms with E-state index in [0.29, 0.717) is 25.2 Å². The van der Waals surface area contributed by atoms with Gasteiger partial charge in [0.2, 0.25) is 5.16 Å². The molecule has 6 nitrogen and oxygen atoms in total. The van der Waals surface area contributed by atoms with Gasteiger partial charge in [0.25, 0.3) is 10.0 Å². The van der Waals surface area contributed by atoms with Crippen molar-refractivity contribution < 1.29 is 8.42 Å². The van der Waals surface area contributed by atoms with Gasteiger partial charge in [-0.2, -0.15) is 4.31 Å². The first kappa shape index (κ1) is 13.5. The lowest BCUT2D eigenvalue weighted by Crippen LogP contribution is -2.42. The highest BCUT2D eigenvalue weighted by atomic mass is 32.2. The van der Waals surface area contributed by atoms with Crippen LogP contribution < -0.4 is 5.73 Å². The van der Waals surface area contributed by atoms with Crippen LogP contribution in [0.25, 0.3) is 11.0 Å². The van der Waals surface area contributed by atoms with Crippen molar-refractivity contribution in [3.8, 4) is 0 Å². The van der Waals surface area contributed by atoms with Gasteiger partial charge in [-0.25, -0.2) is 13.4 Å². The van der Waals surface area contributed by atoms with Gasteiger partial charge in [-0.15, -0.1) is 0 Å². The maximum absolute atomic E-state index is 12.6. The molecule has 1 fully saturated rings. The number of sulfonamides is 1. The summed E-state index contributed by atoms with van der Waals surface area (Å²) in [5.41, 5.74) is 7.06. The maximum atomic E-state index is 12.6. The Morgan fingerprint density at radius 2 is 2.20 bits per heavy atom. The van der Waals surface area contributed by atoms with Gasteiger partial charge >= 0.3 is 0 Å². The third kappa shape index (κ3) is 2.32. The number of benzene rings is 1. The summed E-state index contributed by atoms with van der Waals surface area (Å²) in [6.07, 6.45) is 1.84. The first-order chi connectivity index (χ1) is 9.61. The second-order valence-electron chi connectivity index (χ2n) is 5.17. The Labute approximate surface area is 118 Å². The van der Waals surface area contributed by atoms with Gasteiger partial charge in [-0.1, -0.05) is 12.1 Å². The van der Waals surface area contributed by atoms with Crippen LogP contribution in [0.3, 0.4) is 0 Å². The average Bonchev–Trinajstić information content (AvgIpc) is 2.92. The number of hydrogen-bond acceptors (Lipinski definition) is 4. The van der Waals surface area contributed by atoms with Crippen LogP contribution >= 0.6 is 0 Å². The van der Waals surface area contributed by atoms with E-state index in [1.54, 1.807) is 6.07 Å². The van der Waals surface area contributed by atoms with Crippen molar-refractivity contribution in [1.82, 2.24) is 14.3 Å². The lowest BCUT2D eigenvalue weighted by Gasteiger charge is -2.30. The van der Waals surface area contributed by atoms with Crippen molar-refractivity contribution in [3.63, 3.8) is 0 Å². The van der Waals surface area contributed by atoms with Crippen LogP contribution in [0.4, 0.5) is 0 Å². The minimum atomic E-state index is -3.56. The molecule has 3 N–H and O–H groups in total. The number of piperidine rings is 1. The number of aromatic amines is 1. The molecule has 0 radical (unpaired) electrons. The molecule has 2 heterocycles. The lowest BCUT2D eigenvalue weighted by atomic mass is 10.0. The predicted molar refractivity (Wildman–Crippen MR) is 76.6 cm³/mol. The number of para-hydroxylation sites is 2. The lowest BCUT2D eigenvalue weighted by molar-refractivity contribution is 0.270. The molecule has 20 heavy (non-hydrogen) atoms. The number of nitrogens with one attached hydrogen (secondary N) is 1. The Hall–Kier alpha value is -1.44. The summed E-state index contributed by atoms with van der Waals surface area (Å²) in [6, 6.07) is 7.30. The molecule has 1 aromatic carbocycles. The number of nitrogens with two attached hydrogens (primary N) is 1. The maximum Gasteiger partial charge on any atom is 0.276 e. The van der Waals surface area contributed by atoms with Gasteiger partial charge < -0.3 is 10.7 Å². The third-order valence-corrected chi connectivity index (χ3v) is 5.46. The second kappa shape index (κ2) is 5.16. The van der Waals surface area contributed by atoms with E-state index in [-0.39, 0.29) is 11.1 Å². The summed E-state index contributed by atoms with van der Waals surface area (Å²) in [4.78, 5) is 7.09. The molecule has 1 aliphatic heterocycles. The number of fused-ring (bicyclic) bond motifs is 1. The topological polar surface area (TPSA) is 92.1 Å². The molecule has 0 spiro atoms. The Bertz CT molecular complexity index is 677. The minimum absolute atomic E-state index is 0.0244. The monoisotopic (exact) mass is 294 g/mol. The molecule has 3 rings (SSSR count). The number of imidazole rings is 1. The molecule has 1 aromatic heterocycles. The molecule has 1 aliphatic rings. The van der Waals surface area contributed by atoms with Crippen LogP contribution in [0.2, 0.25) is 0 Å². The van der Waals surface area contributed by atoms with E-state index in [4.69, 9.17) is 5.73 Å². The highest BCUT2D eigenvalue weighted by Gasteiger charge is 2.31. The van der Waals surface area contributed by atoms with E-state index in [0.717, 1.165) is 18.4 Å². The van der Waals surface area contributed by atoms with Crippen LogP contribution in [0.15, 0.2) is 29.4 Å². The third-order valence-electron chi connectivity index (χ3n) is 3.77. The number of aromatic nitrogens is 2. The number of rotatable bonds is 3. The van der Waals surface area contributed by atoms with E-state index in [9.17, 15) is 8.42 Å². The second-order valence-corrected chi connectivity index (χ2v) is 7.02. The Morgan fingerprint density at radius 1 is 1.40 bits per heavy atom. The van der Waals surface area contributed by atoms with E-state index in [2.05, 4.69) is 9.97 Å². The molecule has 0 bridgehead atoms. The summed E-state index contributed by atoms with van der Waals surface area (Å²) >= 11 is 0. The Morgan fingerprint density at radius 3 is 2.95 bits per heavy atom. The van der Waals surface area contributed by atoms with Crippen molar-refractivity contribution in [3.05, 3.63) is 24.3 Å². The van der Waals surface area contributed by atoms with E-state index in [1.165, 1.54) is 4.31 Å². The van der Waals surface area contributed by atoms with E-state index >= 15 is 0 Å². The SMILES string of the molecule is NCC1CCCN(S(=O)(=O)c2nc3ccccc3[nH]2)C1. The molecular weight excluding hydrogens is 276 g/mol.